The minimum atomic E-state index is 0.737. The molecular weight excluding hydrogens is 198 g/mol. The molecule has 0 unspecified atom stereocenters. The van der Waals surface area contributed by atoms with E-state index in [1.807, 2.05) is 42.6 Å². The summed E-state index contributed by atoms with van der Waals surface area (Å²) < 4.78 is 0. The van der Waals surface area contributed by atoms with Gasteiger partial charge >= 0.3 is 0 Å². The third kappa shape index (κ3) is 1.18. The Bertz CT molecular complexity index is 689. The Morgan fingerprint density at radius 3 is 2.75 bits per heavy atom. The third-order valence-electron chi connectivity index (χ3n) is 2.76. The van der Waals surface area contributed by atoms with Gasteiger partial charge in [0.1, 0.15) is 0 Å². The van der Waals surface area contributed by atoms with Crippen LogP contribution in [0.5, 0.6) is 0 Å². The molecule has 0 bridgehead atoms. The standard InChI is InChI=1S/C13H11N3/c14-9-5-4-8-7-16-12-3-1-2-11(15)13(12)10(8)6-9/h1-7H,14-15H2. The van der Waals surface area contributed by atoms with E-state index < -0.39 is 0 Å². The maximum absolute atomic E-state index is 5.99. The van der Waals surface area contributed by atoms with Crippen LogP contribution in [0.3, 0.4) is 0 Å². The van der Waals surface area contributed by atoms with Crippen molar-refractivity contribution >= 4 is 33.1 Å². The number of benzene rings is 2. The number of anilines is 2. The summed E-state index contributed by atoms with van der Waals surface area (Å²) in [4.78, 5) is 4.38. The van der Waals surface area contributed by atoms with Crippen molar-refractivity contribution < 1.29 is 0 Å². The van der Waals surface area contributed by atoms with Gasteiger partial charge in [0.05, 0.1) is 5.52 Å². The van der Waals surface area contributed by atoms with Crippen molar-refractivity contribution in [3.63, 3.8) is 0 Å². The molecule has 0 amide bonds. The zero-order valence-electron chi connectivity index (χ0n) is 8.64. The van der Waals surface area contributed by atoms with E-state index in [4.69, 9.17) is 11.5 Å². The smallest absolute Gasteiger partial charge is 0.0729 e. The molecule has 1 aromatic heterocycles. The lowest BCUT2D eigenvalue weighted by Crippen LogP contribution is -1.91. The second-order valence-corrected chi connectivity index (χ2v) is 3.85. The molecule has 0 aliphatic rings. The number of nitrogens with zero attached hydrogens (tertiary/aromatic N) is 1. The number of hydrogen-bond acceptors (Lipinski definition) is 3. The van der Waals surface area contributed by atoms with Crippen molar-refractivity contribution in [2.24, 2.45) is 0 Å². The molecule has 3 heteroatoms. The highest BCUT2D eigenvalue weighted by Crippen LogP contribution is 2.29. The average molecular weight is 209 g/mol. The second-order valence-electron chi connectivity index (χ2n) is 3.85. The van der Waals surface area contributed by atoms with Crippen LogP contribution < -0.4 is 11.5 Å². The fourth-order valence-corrected chi connectivity index (χ4v) is 2.00. The summed E-state index contributed by atoms with van der Waals surface area (Å²) >= 11 is 0. The predicted octanol–water partition coefficient (Wildman–Crippen LogP) is 2.55. The molecule has 4 N–H and O–H groups in total. The van der Waals surface area contributed by atoms with Gasteiger partial charge in [0.15, 0.2) is 0 Å². The Morgan fingerprint density at radius 2 is 1.88 bits per heavy atom. The van der Waals surface area contributed by atoms with Gasteiger partial charge in [-0.3, -0.25) is 4.98 Å². The van der Waals surface area contributed by atoms with Crippen LogP contribution >= 0.6 is 0 Å². The zero-order chi connectivity index (χ0) is 11.1. The first-order valence-electron chi connectivity index (χ1n) is 5.08. The van der Waals surface area contributed by atoms with Crippen LogP contribution in [0, 0.1) is 0 Å². The normalized spacial score (nSPS) is 11.0. The quantitative estimate of drug-likeness (QED) is 0.441. The number of nitrogens with two attached hydrogens (primary N) is 2. The molecule has 0 saturated heterocycles. The Hall–Kier alpha value is -2.29. The molecule has 0 aliphatic heterocycles. The highest BCUT2D eigenvalue weighted by molar-refractivity contribution is 6.11. The number of nitrogen functional groups attached to an aromatic ring is 2. The summed E-state index contributed by atoms with van der Waals surface area (Å²) in [5.41, 5.74) is 14.2. The Morgan fingerprint density at radius 1 is 1.00 bits per heavy atom. The number of aromatic nitrogens is 1. The van der Waals surface area contributed by atoms with Gasteiger partial charge in [-0.05, 0) is 29.7 Å². The molecule has 0 saturated carbocycles. The lowest BCUT2D eigenvalue weighted by molar-refractivity contribution is 1.44. The minimum absolute atomic E-state index is 0.737. The van der Waals surface area contributed by atoms with Crippen LogP contribution in [0.25, 0.3) is 21.7 Å². The topological polar surface area (TPSA) is 64.9 Å². The Labute approximate surface area is 92.7 Å². The molecule has 78 valence electrons. The predicted molar refractivity (Wildman–Crippen MR) is 68.1 cm³/mol. The van der Waals surface area contributed by atoms with Crippen molar-refractivity contribution in [1.82, 2.24) is 4.98 Å². The molecule has 0 aliphatic carbocycles. The van der Waals surface area contributed by atoms with E-state index in [1.54, 1.807) is 0 Å². The minimum Gasteiger partial charge on any atom is -0.399 e. The Balaban J connectivity index is 2.61. The maximum atomic E-state index is 5.99. The summed E-state index contributed by atoms with van der Waals surface area (Å²) in [6.07, 6.45) is 1.84. The van der Waals surface area contributed by atoms with Gasteiger partial charge in [0.2, 0.25) is 0 Å². The highest BCUT2D eigenvalue weighted by atomic mass is 14.7. The first-order valence-corrected chi connectivity index (χ1v) is 5.08. The molecular formula is C13H11N3. The van der Waals surface area contributed by atoms with Crippen LogP contribution in [-0.2, 0) is 0 Å². The fourth-order valence-electron chi connectivity index (χ4n) is 2.00. The van der Waals surface area contributed by atoms with Crippen molar-refractivity contribution in [2.75, 3.05) is 11.5 Å². The van der Waals surface area contributed by atoms with Crippen LogP contribution in [-0.4, -0.2) is 4.98 Å². The molecule has 16 heavy (non-hydrogen) atoms. The molecule has 3 aromatic rings. The van der Waals surface area contributed by atoms with E-state index in [0.29, 0.717) is 0 Å². The highest BCUT2D eigenvalue weighted by Gasteiger charge is 2.04. The summed E-state index contributed by atoms with van der Waals surface area (Å²) in [7, 11) is 0. The SMILES string of the molecule is Nc1ccc2cnc3cccc(N)c3c2c1. The number of pyridine rings is 1. The van der Waals surface area contributed by atoms with Crippen LogP contribution in [0.1, 0.15) is 0 Å². The van der Waals surface area contributed by atoms with Gasteiger partial charge in [-0.15, -0.1) is 0 Å². The molecule has 0 atom stereocenters. The molecule has 1 heterocycles. The number of hydrogen-bond donors (Lipinski definition) is 2. The van der Waals surface area contributed by atoms with E-state index in [2.05, 4.69) is 4.98 Å². The van der Waals surface area contributed by atoms with Crippen molar-refractivity contribution in [1.29, 1.82) is 0 Å². The van der Waals surface area contributed by atoms with Crippen molar-refractivity contribution in [3.8, 4) is 0 Å². The van der Waals surface area contributed by atoms with Crippen LogP contribution in [0.4, 0.5) is 11.4 Å². The summed E-state index contributed by atoms with van der Waals surface area (Å²) in [6, 6.07) is 11.5. The van der Waals surface area contributed by atoms with Gasteiger partial charge in [0, 0.05) is 28.3 Å². The van der Waals surface area contributed by atoms with E-state index in [0.717, 1.165) is 33.1 Å². The van der Waals surface area contributed by atoms with E-state index in [1.165, 1.54) is 0 Å². The summed E-state index contributed by atoms with van der Waals surface area (Å²) in [6.45, 7) is 0. The van der Waals surface area contributed by atoms with Crippen molar-refractivity contribution in [2.45, 2.75) is 0 Å². The van der Waals surface area contributed by atoms with Crippen LogP contribution in [0.2, 0.25) is 0 Å². The van der Waals surface area contributed by atoms with Gasteiger partial charge in [0.25, 0.3) is 0 Å². The van der Waals surface area contributed by atoms with Crippen molar-refractivity contribution in [3.05, 3.63) is 42.6 Å². The summed E-state index contributed by atoms with van der Waals surface area (Å²) in [5.74, 6) is 0. The van der Waals surface area contributed by atoms with E-state index in [9.17, 15) is 0 Å². The van der Waals surface area contributed by atoms with E-state index >= 15 is 0 Å². The zero-order valence-corrected chi connectivity index (χ0v) is 8.64. The Kier molecular flexibility index (Phi) is 1.74. The first kappa shape index (κ1) is 8.97. The maximum Gasteiger partial charge on any atom is 0.0729 e. The third-order valence-corrected chi connectivity index (χ3v) is 2.76. The molecule has 0 spiro atoms. The molecule has 3 rings (SSSR count). The second kappa shape index (κ2) is 3.10. The van der Waals surface area contributed by atoms with Gasteiger partial charge in [-0.2, -0.15) is 0 Å². The van der Waals surface area contributed by atoms with Crippen LogP contribution in [0.15, 0.2) is 42.6 Å². The number of rotatable bonds is 0. The van der Waals surface area contributed by atoms with Gasteiger partial charge < -0.3 is 11.5 Å². The fraction of sp³-hybridized carbons (Fsp3) is 0. The average Bonchev–Trinajstić information content (AvgIpc) is 2.28. The molecule has 3 nitrogen and oxygen atoms in total. The van der Waals surface area contributed by atoms with Gasteiger partial charge in [-0.25, -0.2) is 0 Å². The monoisotopic (exact) mass is 209 g/mol. The van der Waals surface area contributed by atoms with E-state index in [-0.39, 0.29) is 0 Å². The van der Waals surface area contributed by atoms with Gasteiger partial charge in [-0.1, -0.05) is 12.1 Å². The number of fused-ring (bicyclic) bond motifs is 3. The lowest BCUT2D eigenvalue weighted by atomic mass is 10.0. The molecule has 2 aromatic carbocycles. The summed E-state index contributed by atoms with van der Waals surface area (Å²) in [5, 5.41) is 3.09. The largest absolute Gasteiger partial charge is 0.399 e. The lowest BCUT2D eigenvalue weighted by Gasteiger charge is -2.06. The molecule has 0 fully saturated rings. The first-order chi connectivity index (χ1) is 7.75. The molecule has 0 radical (unpaired) electrons.